The van der Waals surface area contributed by atoms with Crippen LogP contribution in [0.4, 0.5) is 0 Å². The first kappa shape index (κ1) is 12.7. The average Bonchev–Trinajstić information content (AvgIpc) is 2.86. The van der Waals surface area contributed by atoms with Gasteiger partial charge in [0, 0.05) is 12.3 Å². The minimum atomic E-state index is 0.365. The van der Waals surface area contributed by atoms with E-state index in [1.165, 1.54) is 0 Å². The van der Waals surface area contributed by atoms with Crippen molar-refractivity contribution in [2.75, 3.05) is 20.1 Å². The van der Waals surface area contributed by atoms with Crippen LogP contribution in [0, 0.1) is 0 Å². The molecule has 0 aliphatic heterocycles. The lowest BCUT2D eigenvalue weighted by molar-refractivity contribution is 0.393. The Hall–Kier alpha value is -1.75. The number of nitrogens with zero attached hydrogens (tertiary/aromatic N) is 2. The summed E-state index contributed by atoms with van der Waals surface area (Å²) < 4.78 is 16.1. The van der Waals surface area contributed by atoms with Crippen LogP contribution < -0.4 is 9.47 Å². The van der Waals surface area contributed by atoms with Gasteiger partial charge in [-0.1, -0.05) is 6.07 Å². The van der Waals surface area contributed by atoms with Crippen LogP contribution in [-0.2, 0) is 6.42 Å². The van der Waals surface area contributed by atoms with Crippen molar-refractivity contribution in [3.63, 3.8) is 0 Å². The maximum Gasteiger partial charge on any atom is 0.255 e. The van der Waals surface area contributed by atoms with Gasteiger partial charge in [0.1, 0.15) is 17.1 Å². The van der Waals surface area contributed by atoms with Gasteiger partial charge < -0.3 is 13.9 Å². The molecular formula is C12H13ClN2O3. The summed E-state index contributed by atoms with van der Waals surface area (Å²) in [6.07, 6.45) is 0.534. The topological polar surface area (TPSA) is 57.4 Å². The molecular weight excluding hydrogens is 256 g/mol. The normalized spacial score (nSPS) is 10.4. The van der Waals surface area contributed by atoms with Crippen LogP contribution in [0.25, 0.3) is 11.5 Å². The van der Waals surface area contributed by atoms with Crippen molar-refractivity contribution in [3.05, 3.63) is 24.1 Å². The Kier molecular flexibility index (Phi) is 4.04. The lowest BCUT2D eigenvalue weighted by Crippen LogP contribution is -1.93. The lowest BCUT2D eigenvalue weighted by atomic mass is 10.2. The van der Waals surface area contributed by atoms with Gasteiger partial charge in [-0.2, -0.15) is 0 Å². The summed E-state index contributed by atoms with van der Waals surface area (Å²) in [6, 6.07) is 5.45. The summed E-state index contributed by atoms with van der Waals surface area (Å²) in [5, 5.41) is 7.91. The van der Waals surface area contributed by atoms with Crippen LogP contribution in [0.5, 0.6) is 11.5 Å². The van der Waals surface area contributed by atoms with Crippen LogP contribution >= 0.6 is 11.6 Å². The van der Waals surface area contributed by atoms with E-state index in [0.717, 1.165) is 0 Å². The summed E-state index contributed by atoms with van der Waals surface area (Å²) >= 11 is 5.63. The molecule has 0 fully saturated rings. The average molecular weight is 269 g/mol. The quantitative estimate of drug-likeness (QED) is 0.780. The number of aryl methyl sites for hydroxylation is 1. The standard InChI is InChI=1S/C12H13ClN2O3/c1-16-8-4-3-5-9(17-2)11(8)12-15-14-10(18-12)6-7-13/h3-5H,6-7H2,1-2H3. The number of rotatable bonds is 5. The SMILES string of the molecule is COc1cccc(OC)c1-c1nnc(CCCl)o1. The zero-order valence-corrected chi connectivity index (χ0v) is 10.9. The second-order valence-corrected chi connectivity index (χ2v) is 3.86. The van der Waals surface area contributed by atoms with Crippen LogP contribution in [0.15, 0.2) is 22.6 Å². The molecule has 0 bridgehead atoms. The fourth-order valence-corrected chi connectivity index (χ4v) is 1.76. The molecule has 0 saturated heterocycles. The van der Waals surface area contributed by atoms with E-state index < -0.39 is 0 Å². The van der Waals surface area contributed by atoms with Crippen LogP contribution in [-0.4, -0.2) is 30.3 Å². The fraction of sp³-hybridized carbons (Fsp3) is 0.333. The van der Waals surface area contributed by atoms with Crippen molar-refractivity contribution in [2.45, 2.75) is 6.42 Å². The fourth-order valence-electron chi connectivity index (χ4n) is 1.60. The van der Waals surface area contributed by atoms with Gasteiger partial charge in [0.15, 0.2) is 0 Å². The molecule has 0 aliphatic rings. The van der Waals surface area contributed by atoms with Crippen molar-refractivity contribution in [3.8, 4) is 23.0 Å². The second-order valence-electron chi connectivity index (χ2n) is 3.48. The summed E-state index contributed by atoms with van der Waals surface area (Å²) in [7, 11) is 3.16. The van der Waals surface area contributed by atoms with Crippen molar-refractivity contribution < 1.29 is 13.9 Å². The van der Waals surface area contributed by atoms with Crippen molar-refractivity contribution >= 4 is 11.6 Å². The molecule has 0 unspecified atom stereocenters. The third kappa shape index (κ3) is 2.41. The van der Waals surface area contributed by atoms with E-state index in [0.29, 0.717) is 41.1 Å². The summed E-state index contributed by atoms with van der Waals surface area (Å²) in [6.45, 7) is 0. The number of alkyl halides is 1. The lowest BCUT2D eigenvalue weighted by Gasteiger charge is -2.09. The second kappa shape index (κ2) is 5.73. The van der Waals surface area contributed by atoms with E-state index in [2.05, 4.69) is 10.2 Å². The molecule has 2 aromatic rings. The zero-order chi connectivity index (χ0) is 13.0. The Labute approximate surface area is 110 Å². The van der Waals surface area contributed by atoms with Crippen LogP contribution in [0.2, 0.25) is 0 Å². The molecule has 0 N–H and O–H groups in total. The van der Waals surface area contributed by atoms with Gasteiger partial charge in [-0.05, 0) is 12.1 Å². The molecule has 1 aromatic carbocycles. The molecule has 0 atom stereocenters. The highest BCUT2D eigenvalue weighted by atomic mass is 35.5. The Bertz CT molecular complexity index is 506. The molecule has 1 aromatic heterocycles. The third-order valence-electron chi connectivity index (χ3n) is 2.42. The molecule has 6 heteroatoms. The zero-order valence-electron chi connectivity index (χ0n) is 10.1. The van der Waals surface area contributed by atoms with E-state index in [1.807, 2.05) is 18.2 Å². The predicted octanol–water partition coefficient (Wildman–Crippen LogP) is 2.54. The number of halogens is 1. The molecule has 2 rings (SSSR count). The Morgan fingerprint density at radius 1 is 1.17 bits per heavy atom. The van der Waals surface area contributed by atoms with Crippen LogP contribution in [0.1, 0.15) is 5.89 Å². The van der Waals surface area contributed by atoms with Crippen molar-refractivity contribution in [1.82, 2.24) is 10.2 Å². The maximum absolute atomic E-state index is 5.63. The van der Waals surface area contributed by atoms with E-state index in [1.54, 1.807) is 14.2 Å². The predicted molar refractivity (Wildman–Crippen MR) is 67.3 cm³/mol. The minimum absolute atomic E-state index is 0.365. The van der Waals surface area contributed by atoms with Gasteiger partial charge in [-0.3, -0.25) is 0 Å². The minimum Gasteiger partial charge on any atom is -0.496 e. The molecule has 0 saturated carbocycles. The molecule has 0 amide bonds. The Morgan fingerprint density at radius 2 is 1.83 bits per heavy atom. The van der Waals surface area contributed by atoms with Gasteiger partial charge in [0.2, 0.25) is 5.89 Å². The molecule has 0 radical (unpaired) electrons. The molecule has 18 heavy (non-hydrogen) atoms. The molecule has 1 heterocycles. The van der Waals surface area contributed by atoms with Gasteiger partial charge in [0.05, 0.1) is 14.2 Å². The monoisotopic (exact) mass is 268 g/mol. The molecule has 0 aliphatic carbocycles. The maximum atomic E-state index is 5.63. The van der Waals surface area contributed by atoms with E-state index in [4.69, 9.17) is 25.5 Å². The van der Waals surface area contributed by atoms with E-state index in [-0.39, 0.29) is 0 Å². The van der Waals surface area contributed by atoms with Crippen LogP contribution in [0.3, 0.4) is 0 Å². The molecule has 0 spiro atoms. The highest BCUT2D eigenvalue weighted by Crippen LogP contribution is 2.37. The van der Waals surface area contributed by atoms with E-state index in [9.17, 15) is 0 Å². The molecule has 5 nitrogen and oxygen atoms in total. The highest BCUT2D eigenvalue weighted by Gasteiger charge is 2.18. The number of ether oxygens (including phenoxy) is 2. The van der Waals surface area contributed by atoms with Gasteiger partial charge >= 0.3 is 0 Å². The number of hydrogen-bond donors (Lipinski definition) is 0. The summed E-state index contributed by atoms with van der Waals surface area (Å²) in [5.41, 5.74) is 0.649. The first-order valence-corrected chi connectivity index (χ1v) is 5.93. The first-order valence-electron chi connectivity index (χ1n) is 5.40. The number of benzene rings is 1. The van der Waals surface area contributed by atoms with Crippen molar-refractivity contribution in [1.29, 1.82) is 0 Å². The number of methoxy groups -OCH3 is 2. The highest BCUT2D eigenvalue weighted by molar-refractivity contribution is 6.17. The Morgan fingerprint density at radius 3 is 2.39 bits per heavy atom. The summed E-state index contributed by atoms with van der Waals surface area (Å²) in [5.74, 6) is 2.54. The number of aromatic nitrogens is 2. The van der Waals surface area contributed by atoms with Gasteiger partial charge in [-0.15, -0.1) is 21.8 Å². The molecule has 96 valence electrons. The number of hydrogen-bond acceptors (Lipinski definition) is 5. The Balaban J connectivity index is 2.47. The van der Waals surface area contributed by atoms with E-state index >= 15 is 0 Å². The van der Waals surface area contributed by atoms with Crippen molar-refractivity contribution in [2.24, 2.45) is 0 Å². The van der Waals surface area contributed by atoms with Gasteiger partial charge in [0.25, 0.3) is 5.89 Å². The largest absolute Gasteiger partial charge is 0.496 e. The summed E-state index contributed by atoms with van der Waals surface area (Å²) in [4.78, 5) is 0. The smallest absolute Gasteiger partial charge is 0.255 e. The third-order valence-corrected chi connectivity index (χ3v) is 2.61. The first-order chi connectivity index (χ1) is 8.80. The van der Waals surface area contributed by atoms with Gasteiger partial charge in [-0.25, -0.2) is 0 Å².